The Morgan fingerprint density at radius 1 is 1.42 bits per heavy atom. The maximum atomic E-state index is 9.50. The largest absolute Gasteiger partial charge is 0.485 e. The van der Waals surface area contributed by atoms with Crippen molar-refractivity contribution in [3.63, 3.8) is 0 Å². The third-order valence-corrected chi connectivity index (χ3v) is 2.85. The van der Waals surface area contributed by atoms with Crippen LogP contribution in [0.15, 0.2) is 22.7 Å². The molecule has 2 aromatic rings. The lowest BCUT2D eigenvalue weighted by Gasteiger charge is -2.10. The van der Waals surface area contributed by atoms with Crippen molar-refractivity contribution in [3.05, 3.63) is 41.0 Å². The van der Waals surface area contributed by atoms with Crippen LogP contribution in [0.3, 0.4) is 0 Å². The molecule has 0 aliphatic rings. The average Bonchev–Trinajstić information content (AvgIpc) is 2.85. The van der Waals surface area contributed by atoms with Gasteiger partial charge in [-0.15, -0.1) is 0 Å². The van der Waals surface area contributed by atoms with E-state index in [2.05, 4.69) is 10.1 Å². The van der Waals surface area contributed by atoms with Gasteiger partial charge in [-0.3, -0.25) is 0 Å². The molecule has 0 amide bonds. The van der Waals surface area contributed by atoms with Crippen molar-refractivity contribution in [1.29, 1.82) is 0 Å². The number of hydrogen-bond donors (Lipinski definition) is 1. The Labute approximate surface area is 112 Å². The zero-order chi connectivity index (χ0) is 13.8. The van der Waals surface area contributed by atoms with E-state index in [9.17, 15) is 5.11 Å². The Balaban J connectivity index is 2.03. The minimum Gasteiger partial charge on any atom is -0.485 e. The van der Waals surface area contributed by atoms with Crippen LogP contribution in [0, 0.1) is 6.92 Å². The summed E-state index contributed by atoms with van der Waals surface area (Å²) in [5.74, 6) is 1.91. The molecule has 0 bridgehead atoms. The number of rotatable bonds is 5. The number of ether oxygens (including phenoxy) is 1. The topological polar surface area (TPSA) is 68.4 Å². The van der Waals surface area contributed by atoms with Gasteiger partial charge in [0.05, 0.1) is 6.10 Å². The molecule has 0 aliphatic carbocycles. The summed E-state index contributed by atoms with van der Waals surface area (Å²) in [7, 11) is 0. The van der Waals surface area contributed by atoms with Crippen LogP contribution >= 0.6 is 0 Å². The van der Waals surface area contributed by atoms with Gasteiger partial charge in [0.15, 0.2) is 6.61 Å². The molecule has 1 aromatic carbocycles. The van der Waals surface area contributed by atoms with Gasteiger partial charge >= 0.3 is 0 Å². The summed E-state index contributed by atoms with van der Waals surface area (Å²) >= 11 is 0. The normalized spacial score (nSPS) is 12.4. The van der Waals surface area contributed by atoms with Gasteiger partial charge in [0.1, 0.15) is 5.75 Å². The summed E-state index contributed by atoms with van der Waals surface area (Å²) in [5, 5.41) is 13.3. The molecular formula is C14H18N2O3. The standard InChI is InChI=1S/C14H18N2O3/c1-4-14-15-13(16-19-14)8-18-12-6-5-11(10(3)17)7-9(12)2/h5-7,10,17H,4,8H2,1-3H3/t10-/m1/s1. The van der Waals surface area contributed by atoms with E-state index < -0.39 is 6.10 Å². The van der Waals surface area contributed by atoms with E-state index in [0.717, 1.165) is 23.3 Å². The lowest BCUT2D eigenvalue weighted by Crippen LogP contribution is -2.00. The number of hydrogen-bond acceptors (Lipinski definition) is 5. The van der Waals surface area contributed by atoms with E-state index in [-0.39, 0.29) is 6.61 Å². The van der Waals surface area contributed by atoms with E-state index >= 15 is 0 Å². The van der Waals surface area contributed by atoms with Crippen molar-refractivity contribution in [1.82, 2.24) is 10.1 Å². The smallest absolute Gasteiger partial charge is 0.226 e. The summed E-state index contributed by atoms with van der Waals surface area (Å²) in [6.07, 6.45) is 0.242. The maximum Gasteiger partial charge on any atom is 0.226 e. The molecule has 0 fully saturated rings. The van der Waals surface area contributed by atoms with Gasteiger partial charge in [-0.1, -0.05) is 18.1 Å². The highest BCUT2D eigenvalue weighted by atomic mass is 16.5. The molecule has 102 valence electrons. The molecule has 0 unspecified atom stereocenters. The molecule has 0 spiro atoms. The molecule has 1 aromatic heterocycles. The zero-order valence-corrected chi connectivity index (χ0v) is 11.4. The summed E-state index contributed by atoms with van der Waals surface area (Å²) < 4.78 is 10.7. The van der Waals surface area contributed by atoms with E-state index in [0.29, 0.717) is 11.7 Å². The fourth-order valence-electron chi connectivity index (χ4n) is 1.73. The van der Waals surface area contributed by atoms with Gasteiger partial charge < -0.3 is 14.4 Å². The van der Waals surface area contributed by atoms with Crippen molar-refractivity contribution in [3.8, 4) is 5.75 Å². The Kier molecular flexibility index (Phi) is 4.16. The van der Waals surface area contributed by atoms with Gasteiger partial charge in [-0.05, 0) is 37.1 Å². The predicted molar refractivity (Wildman–Crippen MR) is 69.8 cm³/mol. The Hall–Kier alpha value is -1.88. The molecule has 2 rings (SSSR count). The molecule has 1 heterocycles. The first-order valence-corrected chi connectivity index (χ1v) is 6.33. The molecule has 0 aliphatic heterocycles. The van der Waals surface area contributed by atoms with Crippen LogP contribution in [0.2, 0.25) is 0 Å². The first-order valence-electron chi connectivity index (χ1n) is 6.33. The van der Waals surface area contributed by atoms with Crippen molar-refractivity contribution in [2.24, 2.45) is 0 Å². The Morgan fingerprint density at radius 2 is 2.21 bits per heavy atom. The average molecular weight is 262 g/mol. The second kappa shape index (κ2) is 5.84. The lowest BCUT2D eigenvalue weighted by molar-refractivity contribution is 0.199. The van der Waals surface area contributed by atoms with E-state index in [4.69, 9.17) is 9.26 Å². The first kappa shape index (κ1) is 13.5. The van der Waals surface area contributed by atoms with Crippen LogP contribution < -0.4 is 4.74 Å². The SMILES string of the molecule is CCc1nc(COc2ccc([C@@H](C)O)cc2C)no1. The molecule has 5 nitrogen and oxygen atoms in total. The van der Waals surface area contributed by atoms with Crippen LogP contribution in [-0.4, -0.2) is 15.2 Å². The number of aromatic nitrogens is 2. The van der Waals surface area contributed by atoms with E-state index in [1.807, 2.05) is 32.0 Å². The van der Waals surface area contributed by atoms with Crippen molar-refractivity contribution in [2.45, 2.75) is 39.9 Å². The Bertz CT molecular complexity index is 549. The van der Waals surface area contributed by atoms with Crippen LogP contribution in [0.25, 0.3) is 0 Å². The minimum absolute atomic E-state index is 0.276. The van der Waals surface area contributed by atoms with Gasteiger partial charge in [0.25, 0.3) is 0 Å². The second-order valence-corrected chi connectivity index (χ2v) is 4.45. The molecule has 5 heteroatoms. The summed E-state index contributed by atoms with van der Waals surface area (Å²) in [5.41, 5.74) is 1.84. The van der Waals surface area contributed by atoms with E-state index in [1.165, 1.54) is 0 Å². The summed E-state index contributed by atoms with van der Waals surface area (Å²) in [6, 6.07) is 5.60. The van der Waals surface area contributed by atoms with Crippen LogP contribution in [0.4, 0.5) is 0 Å². The third kappa shape index (κ3) is 3.32. The second-order valence-electron chi connectivity index (χ2n) is 4.45. The van der Waals surface area contributed by atoms with E-state index in [1.54, 1.807) is 6.92 Å². The van der Waals surface area contributed by atoms with Crippen molar-refractivity contribution in [2.75, 3.05) is 0 Å². The number of benzene rings is 1. The van der Waals surface area contributed by atoms with Gasteiger partial charge in [-0.25, -0.2) is 0 Å². The molecule has 0 saturated heterocycles. The van der Waals surface area contributed by atoms with Gasteiger partial charge in [0, 0.05) is 6.42 Å². The van der Waals surface area contributed by atoms with Crippen LogP contribution in [0.5, 0.6) is 5.75 Å². The van der Waals surface area contributed by atoms with Crippen LogP contribution in [-0.2, 0) is 13.0 Å². The van der Waals surface area contributed by atoms with Gasteiger partial charge in [-0.2, -0.15) is 4.98 Å². The molecule has 0 radical (unpaired) electrons. The highest BCUT2D eigenvalue weighted by molar-refractivity contribution is 5.36. The highest BCUT2D eigenvalue weighted by Crippen LogP contribution is 2.23. The predicted octanol–water partition coefficient (Wildman–Crippen LogP) is 2.57. The molecule has 1 N–H and O–H groups in total. The fraction of sp³-hybridized carbons (Fsp3) is 0.429. The number of aliphatic hydroxyl groups excluding tert-OH is 1. The minimum atomic E-state index is -0.475. The summed E-state index contributed by atoms with van der Waals surface area (Å²) in [4.78, 5) is 4.18. The molecular weight excluding hydrogens is 244 g/mol. The number of aliphatic hydroxyl groups is 1. The van der Waals surface area contributed by atoms with Crippen molar-refractivity contribution >= 4 is 0 Å². The highest BCUT2D eigenvalue weighted by Gasteiger charge is 2.08. The first-order chi connectivity index (χ1) is 9.10. The fourth-order valence-corrected chi connectivity index (χ4v) is 1.73. The monoisotopic (exact) mass is 262 g/mol. The maximum absolute atomic E-state index is 9.50. The van der Waals surface area contributed by atoms with Gasteiger partial charge in [0.2, 0.25) is 11.7 Å². The quantitative estimate of drug-likeness (QED) is 0.896. The summed E-state index contributed by atoms with van der Waals surface area (Å²) in [6.45, 7) is 5.91. The van der Waals surface area contributed by atoms with Crippen LogP contribution in [0.1, 0.15) is 42.8 Å². The molecule has 1 atom stereocenters. The third-order valence-electron chi connectivity index (χ3n) is 2.85. The number of nitrogens with zero attached hydrogens (tertiary/aromatic N) is 2. The van der Waals surface area contributed by atoms with Crippen molar-refractivity contribution < 1.29 is 14.4 Å². The lowest BCUT2D eigenvalue weighted by atomic mass is 10.1. The number of aryl methyl sites for hydroxylation is 2. The molecule has 19 heavy (non-hydrogen) atoms. The zero-order valence-electron chi connectivity index (χ0n) is 11.4. The molecule has 0 saturated carbocycles. The Morgan fingerprint density at radius 3 is 2.79 bits per heavy atom.